The Bertz CT molecular complexity index is 4600. The summed E-state index contributed by atoms with van der Waals surface area (Å²) >= 11 is 6.80. The molecular formula is C57H53ClF10N9O16PS2. The summed E-state index contributed by atoms with van der Waals surface area (Å²) in [6, 6.07) is 3.22. The van der Waals surface area contributed by atoms with Crippen molar-refractivity contribution in [2.75, 3.05) is 16.8 Å². The highest BCUT2D eigenvalue weighted by molar-refractivity contribution is 7.93. The third-order valence-corrected chi connectivity index (χ3v) is 19.1. The second kappa shape index (κ2) is 25.7. The summed E-state index contributed by atoms with van der Waals surface area (Å²) in [4.78, 5) is 104. The summed E-state index contributed by atoms with van der Waals surface area (Å²) in [5.41, 5.74) is -5.64. The first-order valence-corrected chi connectivity index (χ1v) is 33.3. The molecule has 0 aliphatic heterocycles. The van der Waals surface area contributed by atoms with E-state index in [1.165, 1.54) is 13.8 Å². The number of sulfonamides is 1. The Morgan fingerprint density at radius 1 is 0.885 bits per heavy atom. The lowest BCUT2D eigenvalue weighted by atomic mass is 9.77. The van der Waals surface area contributed by atoms with Gasteiger partial charge in [0.1, 0.15) is 52.7 Å². The van der Waals surface area contributed by atoms with Crippen molar-refractivity contribution in [2.45, 2.75) is 119 Å². The summed E-state index contributed by atoms with van der Waals surface area (Å²) in [5, 5.41) is 29.0. The summed E-state index contributed by atoms with van der Waals surface area (Å²) in [6.07, 6.45) is -14.3. The molecule has 0 unspecified atom stereocenters. The van der Waals surface area contributed by atoms with E-state index in [1.807, 2.05) is 5.32 Å². The van der Waals surface area contributed by atoms with Crippen LogP contribution in [0.3, 0.4) is 0 Å². The van der Waals surface area contributed by atoms with Gasteiger partial charge in [0.05, 0.1) is 46.8 Å². The normalized spacial score (nSPS) is 16.2. The molecule has 8 rings (SSSR count). The number of phosphoric ester groups is 1. The molecule has 0 bridgehead atoms. The molecule has 1 fully saturated rings. The van der Waals surface area contributed by atoms with Crippen molar-refractivity contribution >= 4 is 91.6 Å². The number of carbonyl (C=O) groups excluding carboxylic acids is 4. The molecule has 3 aromatic carbocycles. The van der Waals surface area contributed by atoms with Crippen LogP contribution in [0.2, 0.25) is 5.02 Å². The van der Waals surface area contributed by atoms with Crippen LogP contribution in [0.1, 0.15) is 114 Å². The van der Waals surface area contributed by atoms with Crippen LogP contribution in [-0.4, -0.2) is 126 Å². The molecule has 3 aromatic heterocycles. The molecule has 4 amide bonds. The lowest BCUT2D eigenvalue weighted by Crippen LogP contribution is -2.43. The SMILES string of the molecule is CC(C)(CC(=O)N(c1nn(CC(F)(F)F)c2c(-c3ccc(C#CC(C)(C)S(C)(=O)=O)nc3[C@H](Cc3cc(F)cc(F)c3)NC(=O)Cn3nc(C(F)(F)F)c4c3C(F)(F)[C@@H]3C[C@H]43)ccc(Cl)c12)S(C)(=O)=O)c1c(CC(=O)N[C@@H](CC(=O)O)C(=O)O)cc(C(N)=O)cc1OP(=O)(O)O. The molecule has 3 heterocycles. The van der Waals surface area contributed by atoms with Crippen molar-refractivity contribution in [1.82, 2.24) is 35.2 Å². The second-order valence-electron chi connectivity index (χ2n) is 23.7. The molecule has 2 aliphatic carbocycles. The number of pyridine rings is 1. The lowest BCUT2D eigenvalue weighted by molar-refractivity contribution is -0.147. The molecule has 0 saturated heterocycles. The van der Waals surface area contributed by atoms with Gasteiger partial charge in [-0.1, -0.05) is 37.4 Å². The van der Waals surface area contributed by atoms with Crippen LogP contribution >= 0.6 is 19.4 Å². The van der Waals surface area contributed by atoms with Crippen LogP contribution in [0, 0.1) is 29.4 Å². The topological polar surface area (TPSA) is 380 Å². The number of sulfone groups is 1. The number of anilines is 1. The minimum Gasteiger partial charge on any atom is -0.481 e. The number of primary amides is 1. The Balaban J connectivity index is 1.35. The van der Waals surface area contributed by atoms with Gasteiger partial charge in [-0.05, 0) is 92.1 Å². The van der Waals surface area contributed by atoms with Crippen molar-refractivity contribution < 1.29 is 119 Å². The molecule has 0 radical (unpaired) electrons. The van der Waals surface area contributed by atoms with Crippen LogP contribution in [0.4, 0.5) is 49.7 Å². The number of phosphoric acid groups is 1. The van der Waals surface area contributed by atoms with Crippen LogP contribution in [0.25, 0.3) is 22.0 Å². The van der Waals surface area contributed by atoms with E-state index in [-0.39, 0.29) is 25.7 Å². The molecule has 516 valence electrons. The number of benzene rings is 3. The van der Waals surface area contributed by atoms with E-state index in [0.29, 0.717) is 18.4 Å². The average molecular weight is 1440 g/mol. The molecule has 2 aliphatic rings. The highest BCUT2D eigenvalue weighted by Gasteiger charge is 2.68. The molecule has 0 spiro atoms. The first-order chi connectivity index (χ1) is 43.9. The number of nitrogens with one attached hydrogen (secondary N) is 2. The third kappa shape index (κ3) is 15.9. The number of fused-ring (bicyclic) bond motifs is 4. The minimum atomic E-state index is -5.78. The van der Waals surface area contributed by atoms with Gasteiger partial charge < -0.3 is 31.1 Å². The minimum absolute atomic E-state index is 0.103. The van der Waals surface area contributed by atoms with Crippen LogP contribution in [0.15, 0.2) is 54.6 Å². The second-order valence-corrected chi connectivity index (χ2v) is 29.7. The van der Waals surface area contributed by atoms with Crippen molar-refractivity contribution in [3.63, 3.8) is 0 Å². The van der Waals surface area contributed by atoms with Gasteiger partial charge in [0.15, 0.2) is 21.3 Å². The van der Waals surface area contributed by atoms with E-state index in [4.69, 9.17) is 21.9 Å². The quantitative estimate of drug-likeness (QED) is 0.0191. The van der Waals surface area contributed by atoms with Gasteiger partial charge in [0.25, 0.3) is 5.92 Å². The first kappa shape index (κ1) is 73.1. The summed E-state index contributed by atoms with van der Waals surface area (Å²) in [6.45, 7) is 0.860. The molecule has 1 saturated carbocycles. The number of nitrogens with two attached hydrogens (primary N) is 1. The first-order valence-electron chi connectivity index (χ1n) is 27.7. The fourth-order valence-corrected chi connectivity index (χ4v) is 12.9. The number of carbonyl (C=O) groups is 6. The number of hydrogen-bond acceptors (Lipinski definition) is 15. The Morgan fingerprint density at radius 2 is 1.51 bits per heavy atom. The molecule has 6 aromatic rings. The van der Waals surface area contributed by atoms with Gasteiger partial charge in [0, 0.05) is 57.9 Å². The monoisotopic (exact) mass is 1440 g/mol. The number of nitrogens with zero attached hydrogens (tertiary/aromatic N) is 6. The number of aliphatic carboxylic acids is 2. The number of amides is 4. The van der Waals surface area contributed by atoms with Gasteiger partial charge in [-0.15, -0.1) is 0 Å². The molecule has 4 atom stereocenters. The van der Waals surface area contributed by atoms with Gasteiger partial charge in [-0.2, -0.15) is 49.6 Å². The van der Waals surface area contributed by atoms with Gasteiger partial charge in [-0.3, -0.25) is 43.1 Å². The summed E-state index contributed by atoms with van der Waals surface area (Å²) < 4.78 is 220. The number of carboxylic acid groups (broad SMARTS) is 2. The lowest BCUT2D eigenvalue weighted by Gasteiger charge is -2.31. The highest BCUT2D eigenvalue weighted by Crippen LogP contribution is 2.68. The van der Waals surface area contributed by atoms with Crippen LogP contribution in [0.5, 0.6) is 5.75 Å². The molecular weight excluding hydrogens is 1390 g/mol. The smallest absolute Gasteiger partial charge is 0.481 e. The number of rotatable bonds is 23. The van der Waals surface area contributed by atoms with Crippen LogP contribution < -0.4 is 25.2 Å². The summed E-state index contributed by atoms with van der Waals surface area (Å²) in [7, 11) is -15.1. The maximum Gasteiger partial charge on any atom is 0.524 e. The summed E-state index contributed by atoms with van der Waals surface area (Å²) in [5.74, 6) is -15.9. The number of alkyl halides is 8. The fourth-order valence-electron chi connectivity index (χ4n) is 11.1. The van der Waals surface area contributed by atoms with Gasteiger partial charge in [-0.25, -0.2) is 40.0 Å². The zero-order valence-electron chi connectivity index (χ0n) is 50.3. The number of aromatic nitrogens is 5. The third-order valence-electron chi connectivity index (χ3n) is 15.4. The predicted octanol–water partition coefficient (Wildman–Crippen LogP) is 7.11. The van der Waals surface area contributed by atoms with E-state index in [2.05, 4.69) is 32.3 Å². The standard InChI is InChI=1S/C57H53ClF10N9O16PS2/c1-53(2,45-26(18-39(78)72-37(52(84)85)21-42(81)82)16-27(50(69)83)17-38(45)93-94(86,87)88)22-41(80)77(96(6,91)92)51-44-35(58)10-9-32(47(44)76(74-51)24-55(61,62)63)31-8-7-30(11-12-54(3,4)95(5,89)90)70-46(31)36(15-25-13-28(59)19-29(60)14-25)71-40(79)23-75-49-43(48(73-75)57(66,67)68)33-20-34(33)56(49,64)65/h7-10,13-14,16-17,19,33-34,36-37H,15,18,20-24H2,1-6H3,(H2,69,83)(H,71,79)(H,72,78)(H,81,82)(H,84,85)(H2,86,87,88)/t33-,34+,36-,37-/m0/s1. The van der Waals surface area contributed by atoms with Crippen molar-refractivity contribution in [3.05, 3.63) is 122 Å². The average Bonchev–Trinajstić information content (AvgIpc) is 1.53. The van der Waals surface area contributed by atoms with E-state index in [9.17, 15) is 78.5 Å². The predicted molar refractivity (Wildman–Crippen MR) is 316 cm³/mol. The zero-order valence-corrected chi connectivity index (χ0v) is 53.6. The van der Waals surface area contributed by atoms with Gasteiger partial charge >= 0.3 is 32.1 Å². The largest absolute Gasteiger partial charge is 0.524 e. The molecule has 8 N–H and O–H groups in total. The maximum atomic E-state index is 15.8. The Kier molecular flexibility index (Phi) is 19.6. The zero-order chi connectivity index (χ0) is 71.9. The Morgan fingerprint density at radius 3 is 2.06 bits per heavy atom. The van der Waals surface area contributed by atoms with Crippen molar-refractivity contribution in [2.24, 2.45) is 11.7 Å². The number of halogens is 11. The maximum absolute atomic E-state index is 15.8. The molecule has 96 heavy (non-hydrogen) atoms. The number of carboxylic acids is 2. The van der Waals surface area contributed by atoms with Crippen LogP contribution in [-0.2, 0) is 91.8 Å². The number of hydrogen-bond donors (Lipinski definition) is 7. The Hall–Kier alpha value is -8.69. The van der Waals surface area contributed by atoms with E-state index >= 15 is 35.5 Å². The van der Waals surface area contributed by atoms with Crippen molar-refractivity contribution in [1.29, 1.82) is 0 Å². The van der Waals surface area contributed by atoms with E-state index in [0.717, 1.165) is 62.6 Å². The molecule has 39 heteroatoms. The Labute approximate surface area is 541 Å². The fraction of sp³-hybridized carbons (Fsp3) is 0.386. The molecule has 25 nitrogen and oxygen atoms in total. The van der Waals surface area contributed by atoms with Gasteiger partial charge in [0.2, 0.25) is 33.7 Å². The highest BCUT2D eigenvalue weighted by atomic mass is 35.5. The van der Waals surface area contributed by atoms with E-state index < -0.39 is 250 Å². The van der Waals surface area contributed by atoms with E-state index in [1.54, 1.807) is 0 Å². The van der Waals surface area contributed by atoms with Crippen molar-refractivity contribution in [3.8, 4) is 28.7 Å².